The van der Waals surface area contributed by atoms with Gasteiger partial charge in [0.05, 0.1) is 12.0 Å². The monoisotopic (exact) mass is 535 g/mol. The molecule has 1 aliphatic heterocycles. The number of rotatable bonds is 7. The van der Waals surface area contributed by atoms with Gasteiger partial charge in [0.1, 0.15) is 41.3 Å². The molecule has 1 saturated heterocycles. The normalized spacial score (nSPS) is 19.1. The summed E-state index contributed by atoms with van der Waals surface area (Å²) in [7, 11) is 3.89. The van der Waals surface area contributed by atoms with E-state index in [-0.39, 0.29) is 0 Å². The van der Waals surface area contributed by atoms with Gasteiger partial charge in [0.25, 0.3) is 0 Å². The highest BCUT2D eigenvalue weighted by Crippen LogP contribution is 2.51. The summed E-state index contributed by atoms with van der Waals surface area (Å²) in [5.41, 5.74) is 10.1. The molecule has 2 aromatic carbocycles. The first-order chi connectivity index (χ1) is 19.5. The van der Waals surface area contributed by atoms with Gasteiger partial charge in [0, 0.05) is 38.2 Å². The Kier molecular flexibility index (Phi) is 8.25. The third kappa shape index (κ3) is 5.62. The van der Waals surface area contributed by atoms with E-state index >= 15 is 0 Å². The number of carbonyl (C=O) groups excluding carboxylic acids is 1. The van der Waals surface area contributed by atoms with Crippen molar-refractivity contribution in [3.05, 3.63) is 79.3 Å². The molecule has 0 spiro atoms. The Morgan fingerprint density at radius 3 is 2.40 bits per heavy atom. The van der Waals surface area contributed by atoms with Crippen LogP contribution in [-0.2, 0) is 16.1 Å². The fourth-order valence-electron chi connectivity index (χ4n) is 5.42. The lowest BCUT2D eigenvalue weighted by atomic mass is 10.0. The van der Waals surface area contributed by atoms with Crippen LogP contribution >= 0.6 is 0 Å². The maximum Gasteiger partial charge on any atom is 0.147 e. The lowest BCUT2D eigenvalue weighted by Gasteiger charge is -2.10. The van der Waals surface area contributed by atoms with Crippen molar-refractivity contribution < 1.29 is 14.3 Å². The molecule has 2 atom stereocenters. The van der Waals surface area contributed by atoms with Crippen LogP contribution in [0.3, 0.4) is 0 Å². The van der Waals surface area contributed by atoms with Gasteiger partial charge < -0.3 is 24.7 Å². The van der Waals surface area contributed by atoms with Crippen LogP contribution in [0.25, 0.3) is 22.2 Å². The first-order valence-electron chi connectivity index (χ1n) is 13.3. The molecule has 2 N–H and O–H groups in total. The van der Waals surface area contributed by atoms with Crippen LogP contribution in [0.5, 0.6) is 11.5 Å². The van der Waals surface area contributed by atoms with Gasteiger partial charge in [-0.2, -0.15) is 0 Å². The van der Waals surface area contributed by atoms with Gasteiger partial charge in [-0.05, 0) is 60.7 Å². The molecule has 0 bridgehead atoms. The van der Waals surface area contributed by atoms with Crippen molar-refractivity contribution in [3.63, 3.8) is 0 Å². The third-order valence-electron chi connectivity index (χ3n) is 7.34. The van der Waals surface area contributed by atoms with Crippen LogP contribution in [-0.4, -0.2) is 59.6 Å². The SMILES string of the molecule is C=CC=O.COCCn1c(C#CC2C3CN(C)CC23)c(-c2ccc(Oc3ccccc3)cc2)c2c(N)ncnc21. The molecule has 0 radical (unpaired) electrons. The second-order valence-corrected chi connectivity index (χ2v) is 9.98. The minimum absolute atomic E-state index is 0.448. The number of fused-ring (bicyclic) bond motifs is 2. The number of aromatic nitrogens is 3. The smallest absolute Gasteiger partial charge is 0.147 e. The summed E-state index contributed by atoms with van der Waals surface area (Å²) in [6.07, 6.45) is 3.35. The highest BCUT2D eigenvalue weighted by Gasteiger charge is 2.54. The number of nitrogen functional groups attached to an aromatic ring is 1. The van der Waals surface area contributed by atoms with E-state index < -0.39 is 0 Å². The van der Waals surface area contributed by atoms with E-state index in [9.17, 15) is 0 Å². The minimum Gasteiger partial charge on any atom is -0.457 e. The number of anilines is 1. The van der Waals surface area contributed by atoms with Crippen molar-refractivity contribution in [2.24, 2.45) is 17.8 Å². The van der Waals surface area contributed by atoms with E-state index in [4.69, 9.17) is 20.0 Å². The predicted octanol–water partition coefficient (Wildman–Crippen LogP) is 4.65. The highest BCUT2D eigenvalue weighted by atomic mass is 16.5. The maximum atomic E-state index is 9.06. The number of ether oxygens (including phenoxy) is 2. The number of nitrogens with two attached hydrogens (primary N) is 1. The first-order valence-corrected chi connectivity index (χ1v) is 13.3. The lowest BCUT2D eigenvalue weighted by molar-refractivity contribution is -0.104. The van der Waals surface area contributed by atoms with E-state index in [0.717, 1.165) is 52.4 Å². The van der Waals surface area contributed by atoms with Crippen molar-refractivity contribution in [1.82, 2.24) is 19.4 Å². The summed E-state index contributed by atoms with van der Waals surface area (Å²) in [5, 5.41) is 0.824. The molecule has 204 valence electrons. The maximum absolute atomic E-state index is 9.06. The molecule has 4 aromatic rings. The number of allylic oxidation sites excluding steroid dienone is 1. The fourth-order valence-corrected chi connectivity index (χ4v) is 5.42. The Hall–Kier alpha value is -4.45. The summed E-state index contributed by atoms with van der Waals surface area (Å²) < 4.78 is 13.5. The van der Waals surface area contributed by atoms with E-state index in [2.05, 4.69) is 44.9 Å². The van der Waals surface area contributed by atoms with Crippen LogP contribution in [0.4, 0.5) is 5.82 Å². The van der Waals surface area contributed by atoms with Gasteiger partial charge in [-0.1, -0.05) is 42.8 Å². The lowest BCUT2D eigenvalue weighted by Crippen LogP contribution is -2.18. The number of hydrogen-bond donors (Lipinski definition) is 1. The molecule has 1 saturated carbocycles. The quantitative estimate of drug-likeness (QED) is 0.209. The molecule has 40 heavy (non-hydrogen) atoms. The molecule has 8 nitrogen and oxygen atoms in total. The van der Waals surface area contributed by atoms with Crippen LogP contribution in [0, 0.1) is 29.6 Å². The van der Waals surface area contributed by atoms with Gasteiger partial charge in [-0.25, -0.2) is 9.97 Å². The zero-order valence-corrected chi connectivity index (χ0v) is 22.8. The largest absolute Gasteiger partial charge is 0.457 e. The number of hydrogen-bond acceptors (Lipinski definition) is 7. The molecule has 0 amide bonds. The number of methoxy groups -OCH3 is 1. The zero-order chi connectivity index (χ0) is 28.1. The summed E-state index contributed by atoms with van der Waals surface area (Å²) >= 11 is 0. The Morgan fingerprint density at radius 2 is 1.75 bits per heavy atom. The van der Waals surface area contributed by atoms with Gasteiger partial charge in [-0.3, -0.25) is 4.79 Å². The third-order valence-corrected chi connectivity index (χ3v) is 7.34. The standard InChI is InChI=1S/C29H29N5O2.C3H4O/c1-33-16-23-22(24(23)17-33)12-13-25-26(27-28(30)31-18-32-29(27)34(25)14-15-35-2)19-8-10-21(11-9-19)36-20-6-4-3-5-7-20;1-2-3-4/h3-11,18,22-24H,14-17H2,1-2H3,(H2,30,31,32);2-3H,1H2. The van der Waals surface area contributed by atoms with Crippen molar-refractivity contribution in [2.75, 3.05) is 39.6 Å². The van der Waals surface area contributed by atoms with Crippen LogP contribution in [0.1, 0.15) is 5.69 Å². The highest BCUT2D eigenvalue weighted by molar-refractivity contribution is 6.03. The molecule has 1 aliphatic carbocycles. The fraction of sp³-hybridized carbons (Fsp3) is 0.281. The number of likely N-dealkylation sites (tertiary alicyclic amines) is 1. The number of aldehydes is 1. The molecule has 3 heterocycles. The van der Waals surface area contributed by atoms with Gasteiger partial charge in [0.15, 0.2) is 0 Å². The topological polar surface area (TPSA) is 95.5 Å². The van der Waals surface area contributed by atoms with E-state index in [1.807, 2.05) is 54.6 Å². The summed E-state index contributed by atoms with van der Waals surface area (Å²) in [6, 6.07) is 17.8. The number of piperidine rings is 1. The van der Waals surface area contributed by atoms with Gasteiger partial charge in [0.2, 0.25) is 0 Å². The average Bonchev–Trinajstić information content (AvgIpc) is 3.28. The summed E-state index contributed by atoms with van der Waals surface area (Å²) in [5.74, 6) is 11.0. The van der Waals surface area contributed by atoms with Crippen LogP contribution < -0.4 is 10.5 Å². The minimum atomic E-state index is 0.448. The Bertz CT molecular complexity index is 1530. The summed E-state index contributed by atoms with van der Waals surface area (Å²) in [4.78, 5) is 20.4. The molecule has 8 heteroatoms. The van der Waals surface area contributed by atoms with Crippen molar-refractivity contribution in [3.8, 4) is 34.5 Å². The molecule has 2 aromatic heterocycles. The van der Waals surface area contributed by atoms with Crippen molar-refractivity contribution in [2.45, 2.75) is 6.54 Å². The molecular formula is C32H33N5O3. The Labute approximate surface area is 234 Å². The zero-order valence-electron chi connectivity index (χ0n) is 22.8. The van der Waals surface area contributed by atoms with E-state index in [0.29, 0.717) is 43.0 Å². The molecule has 2 unspecified atom stereocenters. The second-order valence-electron chi connectivity index (χ2n) is 9.98. The van der Waals surface area contributed by atoms with E-state index in [1.54, 1.807) is 7.11 Å². The van der Waals surface area contributed by atoms with Crippen molar-refractivity contribution >= 4 is 23.1 Å². The molecule has 2 fully saturated rings. The molecule has 6 rings (SSSR count). The predicted molar refractivity (Wildman–Crippen MR) is 157 cm³/mol. The number of benzene rings is 2. The molecule has 2 aliphatic rings. The summed E-state index contributed by atoms with van der Waals surface area (Å²) in [6.45, 7) is 6.55. The van der Waals surface area contributed by atoms with Crippen molar-refractivity contribution in [1.29, 1.82) is 0 Å². The number of para-hydroxylation sites is 1. The van der Waals surface area contributed by atoms with E-state index in [1.165, 1.54) is 12.4 Å². The van der Waals surface area contributed by atoms with Crippen LogP contribution in [0.15, 0.2) is 73.6 Å². The first kappa shape index (κ1) is 27.1. The van der Waals surface area contributed by atoms with Crippen LogP contribution in [0.2, 0.25) is 0 Å². The van der Waals surface area contributed by atoms with Gasteiger partial charge in [-0.15, -0.1) is 0 Å². The molecular weight excluding hydrogens is 502 g/mol. The Balaban J connectivity index is 0.000000758. The van der Waals surface area contributed by atoms with Gasteiger partial charge >= 0.3 is 0 Å². The second kappa shape index (κ2) is 12.2. The number of carbonyl (C=O) groups is 1. The number of nitrogens with zero attached hydrogens (tertiary/aromatic N) is 4. The average molecular weight is 536 g/mol. The Morgan fingerprint density at radius 1 is 1.07 bits per heavy atom.